The molecule has 1 saturated heterocycles. The zero-order valence-electron chi connectivity index (χ0n) is 13.6. The van der Waals surface area contributed by atoms with E-state index in [2.05, 4.69) is 17.1 Å². The Bertz CT molecular complexity index is 601. The Morgan fingerprint density at radius 3 is 2.58 bits per heavy atom. The van der Waals surface area contributed by atoms with E-state index in [1.54, 1.807) is 0 Å². The van der Waals surface area contributed by atoms with Gasteiger partial charge in [0.15, 0.2) is 17.7 Å². The molecule has 1 fully saturated rings. The number of nitrogens with zero attached hydrogens (tertiary/aromatic N) is 1. The van der Waals surface area contributed by atoms with Gasteiger partial charge in [-0.05, 0) is 44.5 Å². The van der Waals surface area contributed by atoms with Crippen LogP contribution in [0.25, 0.3) is 0 Å². The van der Waals surface area contributed by atoms with Gasteiger partial charge in [0.25, 0.3) is 0 Å². The predicted octanol–water partition coefficient (Wildman–Crippen LogP) is 2.33. The number of carboxylic acids is 1. The highest BCUT2D eigenvalue weighted by Crippen LogP contribution is 2.23. The highest BCUT2D eigenvalue weighted by Gasteiger charge is 2.28. The largest absolute Gasteiger partial charge is 0.479 e. The van der Waals surface area contributed by atoms with Crippen molar-refractivity contribution in [2.24, 2.45) is 5.92 Å². The van der Waals surface area contributed by atoms with E-state index in [4.69, 9.17) is 0 Å². The number of rotatable bonds is 6. The molecular weight excluding hydrogens is 318 g/mol. The third-order valence-corrected chi connectivity index (χ3v) is 4.47. The number of benzene rings is 1. The highest BCUT2D eigenvalue weighted by atomic mass is 19.2. The number of halogens is 2. The molecular formula is C17H22F2N2O3. The number of aliphatic carboxylic acids is 1. The van der Waals surface area contributed by atoms with Crippen LogP contribution in [0.1, 0.15) is 37.8 Å². The predicted molar refractivity (Wildman–Crippen MR) is 84.3 cm³/mol. The van der Waals surface area contributed by atoms with Crippen LogP contribution in [0.4, 0.5) is 8.78 Å². The summed E-state index contributed by atoms with van der Waals surface area (Å²) >= 11 is 0. The summed E-state index contributed by atoms with van der Waals surface area (Å²) < 4.78 is 27.1. The first-order valence-electron chi connectivity index (χ1n) is 8.10. The van der Waals surface area contributed by atoms with E-state index in [0.717, 1.165) is 44.6 Å². The van der Waals surface area contributed by atoms with Crippen molar-refractivity contribution in [3.05, 3.63) is 35.4 Å². The number of likely N-dealkylation sites (tertiary alicyclic amines) is 1. The van der Waals surface area contributed by atoms with Gasteiger partial charge in [-0.15, -0.1) is 0 Å². The molecule has 24 heavy (non-hydrogen) atoms. The number of carbonyl (C=O) groups excluding carboxylic acids is 1. The van der Waals surface area contributed by atoms with Crippen LogP contribution >= 0.6 is 0 Å². The van der Waals surface area contributed by atoms with Crippen LogP contribution in [-0.2, 0) is 9.59 Å². The Kier molecular flexibility index (Phi) is 6.25. The first-order chi connectivity index (χ1) is 11.4. The Labute approximate surface area is 139 Å². The van der Waals surface area contributed by atoms with Crippen LogP contribution in [0.5, 0.6) is 0 Å². The highest BCUT2D eigenvalue weighted by molar-refractivity contribution is 5.84. The number of amides is 1. The summed E-state index contributed by atoms with van der Waals surface area (Å²) in [4.78, 5) is 25.8. The molecule has 1 heterocycles. The minimum Gasteiger partial charge on any atom is -0.479 e. The standard InChI is InChI=1S/C17H22F2N2O3/c1-2-21-8-6-11(7-9-21)10-14(22)20-16(17(23)24)12-4-3-5-13(18)15(12)19/h3-5,11,16H,2,6-10H2,1H3,(H,20,22)(H,23,24)/t16-/m0/s1. The molecule has 0 bridgehead atoms. The van der Waals surface area contributed by atoms with E-state index in [1.807, 2.05) is 0 Å². The molecule has 0 spiro atoms. The molecule has 1 amide bonds. The molecule has 1 aliphatic heterocycles. The first kappa shape index (κ1) is 18.3. The second kappa shape index (κ2) is 8.19. The summed E-state index contributed by atoms with van der Waals surface area (Å²) in [5.74, 6) is -4.09. The topological polar surface area (TPSA) is 69.6 Å². The number of nitrogens with one attached hydrogen (secondary N) is 1. The zero-order valence-corrected chi connectivity index (χ0v) is 13.6. The second-order valence-corrected chi connectivity index (χ2v) is 6.06. The van der Waals surface area contributed by atoms with Crippen molar-refractivity contribution in [3.8, 4) is 0 Å². The van der Waals surface area contributed by atoms with Crippen molar-refractivity contribution in [1.82, 2.24) is 10.2 Å². The van der Waals surface area contributed by atoms with E-state index in [-0.39, 0.29) is 17.9 Å². The van der Waals surface area contributed by atoms with Crippen molar-refractivity contribution in [2.45, 2.75) is 32.2 Å². The summed E-state index contributed by atoms with van der Waals surface area (Å²) in [6.45, 7) is 4.88. The van der Waals surface area contributed by atoms with Gasteiger partial charge in [-0.25, -0.2) is 13.6 Å². The molecule has 1 aromatic carbocycles. The molecule has 2 rings (SSSR count). The van der Waals surface area contributed by atoms with Crippen molar-refractivity contribution < 1.29 is 23.5 Å². The van der Waals surface area contributed by atoms with Crippen molar-refractivity contribution >= 4 is 11.9 Å². The lowest BCUT2D eigenvalue weighted by Gasteiger charge is -2.30. The Morgan fingerprint density at radius 2 is 2.00 bits per heavy atom. The lowest BCUT2D eigenvalue weighted by molar-refractivity contribution is -0.142. The molecule has 0 unspecified atom stereocenters. The van der Waals surface area contributed by atoms with Crippen molar-refractivity contribution in [1.29, 1.82) is 0 Å². The molecule has 0 saturated carbocycles. The van der Waals surface area contributed by atoms with Gasteiger partial charge in [-0.3, -0.25) is 4.79 Å². The molecule has 1 aliphatic rings. The summed E-state index contributed by atoms with van der Waals surface area (Å²) in [6.07, 6.45) is 1.93. The van der Waals surface area contributed by atoms with Crippen LogP contribution in [0.15, 0.2) is 18.2 Å². The maximum Gasteiger partial charge on any atom is 0.331 e. The van der Waals surface area contributed by atoms with Crippen molar-refractivity contribution in [2.75, 3.05) is 19.6 Å². The maximum absolute atomic E-state index is 13.8. The molecule has 0 radical (unpaired) electrons. The van der Waals surface area contributed by atoms with E-state index in [0.29, 0.717) is 0 Å². The average molecular weight is 340 g/mol. The fourth-order valence-electron chi connectivity index (χ4n) is 3.00. The fourth-order valence-corrected chi connectivity index (χ4v) is 3.00. The molecule has 1 aromatic rings. The van der Waals surface area contributed by atoms with Gasteiger partial charge in [0.05, 0.1) is 0 Å². The molecule has 0 aliphatic carbocycles. The Hall–Kier alpha value is -2.02. The molecule has 1 atom stereocenters. The molecule has 2 N–H and O–H groups in total. The Balaban J connectivity index is 1.99. The zero-order chi connectivity index (χ0) is 17.7. The maximum atomic E-state index is 13.8. The van der Waals surface area contributed by atoms with E-state index >= 15 is 0 Å². The normalized spacial score (nSPS) is 17.5. The van der Waals surface area contributed by atoms with Gasteiger partial charge in [0, 0.05) is 12.0 Å². The van der Waals surface area contributed by atoms with Crippen LogP contribution in [0, 0.1) is 17.6 Å². The summed E-state index contributed by atoms with van der Waals surface area (Å²) in [5.41, 5.74) is -0.378. The van der Waals surface area contributed by atoms with Crippen LogP contribution in [0.2, 0.25) is 0 Å². The van der Waals surface area contributed by atoms with E-state index in [9.17, 15) is 23.5 Å². The third-order valence-electron chi connectivity index (χ3n) is 4.47. The van der Waals surface area contributed by atoms with E-state index < -0.39 is 29.6 Å². The summed E-state index contributed by atoms with van der Waals surface area (Å²) in [7, 11) is 0. The monoisotopic (exact) mass is 340 g/mol. The lowest BCUT2D eigenvalue weighted by atomic mass is 9.93. The summed E-state index contributed by atoms with van der Waals surface area (Å²) in [5, 5.41) is 11.6. The number of hydrogen-bond acceptors (Lipinski definition) is 3. The SMILES string of the molecule is CCN1CCC(CC(=O)N[C@H](C(=O)O)c2cccc(F)c2F)CC1. The van der Waals surface area contributed by atoms with Gasteiger partial charge >= 0.3 is 5.97 Å². The van der Waals surface area contributed by atoms with Gasteiger partial charge < -0.3 is 15.3 Å². The number of carbonyl (C=O) groups is 2. The van der Waals surface area contributed by atoms with Gasteiger partial charge in [-0.2, -0.15) is 0 Å². The first-order valence-corrected chi connectivity index (χ1v) is 8.10. The average Bonchev–Trinajstić information content (AvgIpc) is 2.56. The van der Waals surface area contributed by atoms with Crippen molar-refractivity contribution in [3.63, 3.8) is 0 Å². The van der Waals surface area contributed by atoms with Crippen LogP contribution in [-0.4, -0.2) is 41.5 Å². The van der Waals surface area contributed by atoms with Gasteiger partial charge in [-0.1, -0.05) is 19.1 Å². The van der Waals surface area contributed by atoms with E-state index in [1.165, 1.54) is 6.07 Å². The smallest absolute Gasteiger partial charge is 0.331 e. The quantitative estimate of drug-likeness (QED) is 0.834. The number of piperidine rings is 1. The molecule has 7 heteroatoms. The Morgan fingerprint density at radius 1 is 1.33 bits per heavy atom. The van der Waals surface area contributed by atoms with Gasteiger partial charge in [0.1, 0.15) is 0 Å². The minimum absolute atomic E-state index is 0.180. The number of hydrogen-bond donors (Lipinski definition) is 2. The molecule has 132 valence electrons. The fraction of sp³-hybridized carbons (Fsp3) is 0.529. The second-order valence-electron chi connectivity index (χ2n) is 6.06. The third kappa shape index (κ3) is 4.50. The number of carboxylic acid groups (broad SMARTS) is 1. The minimum atomic E-state index is -1.59. The van der Waals surface area contributed by atoms with Crippen LogP contribution < -0.4 is 5.32 Å². The summed E-state index contributed by atoms with van der Waals surface area (Å²) in [6, 6.07) is 1.69. The molecule has 5 nitrogen and oxygen atoms in total. The van der Waals surface area contributed by atoms with Crippen LogP contribution in [0.3, 0.4) is 0 Å². The lowest BCUT2D eigenvalue weighted by Crippen LogP contribution is -2.38. The molecule has 0 aromatic heterocycles. The van der Waals surface area contributed by atoms with Gasteiger partial charge in [0.2, 0.25) is 5.91 Å².